The summed E-state index contributed by atoms with van der Waals surface area (Å²) in [7, 11) is 5.07. The fraction of sp³-hybridized carbons (Fsp3) is 0.280. The van der Waals surface area contributed by atoms with Gasteiger partial charge >= 0.3 is 0 Å². The van der Waals surface area contributed by atoms with Crippen LogP contribution in [-0.2, 0) is 12.8 Å². The predicted molar refractivity (Wildman–Crippen MR) is 123 cm³/mol. The van der Waals surface area contributed by atoms with Gasteiger partial charge < -0.3 is 19.5 Å². The highest BCUT2D eigenvalue weighted by molar-refractivity contribution is 5.85. The average molecular weight is 426 g/mol. The minimum absolute atomic E-state index is 0. The van der Waals surface area contributed by atoms with Crippen molar-refractivity contribution < 1.29 is 14.2 Å². The topological polar surface area (TPSA) is 39.7 Å². The van der Waals surface area contributed by atoms with E-state index in [0.717, 1.165) is 42.2 Å². The van der Waals surface area contributed by atoms with Gasteiger partial charge in [-0.2, -0.15) is 0 Å². The smallest absolute Gasteiger partial charge is 0.161 e. The molecule has 0 bridgehead atoms. The molecule has 0 saturated carbocycles. The molecule has 0 amide bonds. The van der Waals surface area contributed by atoms with Crippen molar-refractivity contribution in [3.8, 4) is 28.4 Å². The number of halogens is 1. The maximum Gasteiger partial charge on any atom is 0.161 e. The van der Waals surface area contributed by atoms with E-state index in [2.05, 4.69) is 53.8 Å². The van der Waals surface area contributed by atoms with Gasteiger partial charge in [0.2, 0.25) is 0 Å². The first-order chi connectivity index (χ1) is 14.2. The first kappa shape index (κ1) is 22.0. The molecule has 30 heavy (non-hydrogen) atoms. The number of hydrogen-bond donors (Lipinski definition) is 1. The summed E-state index contributed by atoms with van der Waals surface area (Å²) < 4.78 is 16.3. The van der Waals surface area contributed by atoms with Gasteiger partial charge in [-0.05, 0) is 71.5 Å². The Balaban J connectivity index is 0.00000256. The van der Waals surface area contributed by atoms with Crippen LogP contribution in [0.4, 0.5) is 0 Å². The van der Waals surface area contributed by atoms with Crippen molar-refractivity contribution in [3.63, 3.8) is 0 Å². The summed E-state index contributed by atoms with van der Waals surface area (Å²) in [5, 5.41) is 3.66. The Morgan fingerprint density at radius 2 is 1.57 bits per heavy atom. The third-order valence-electron chi connectivity index (χ3n) is 5.60. The second-order valence-electron chi connectivity index (χ2n) is 7.30. The third kappa shape index (κ3) is 4.55. The number of benzene rings is 3. The normalized spacial score (nSPS) is 15.0. The molecule has 3 aromatic rings. The van der Waals surface area contributed by atoms with Crippen LogP contribution >= 0.6 is 12.4 Å². The Morgan fingerprint density at radius 3 is 2.27 bits per heavy atom. The fourth-order valence-corrected chi connectivity index (χ4v) is 4.02. The van der Waals surface area contributed by atoms with E-state index >= 15 is 0 Å². The number of nitrogens with one attached hydrogen (secondary N) is 1. The molecule has 158 valence electrons. The number of hydrogen-bond acceptors (Lipinski definition) is 4. The van der Waals surface area contributed by atoms with Crippen LogP contribution in [0.15, 0.2) is 60.7 Å². The van der Waals surface area contributed by atoms with E-state index in [4.69, 9.17) is 14.2 Å². The lowest BCUT2D eigenvalue weighted by molar-refractivity contribution is 0.352. The molecule has 1 atom stereocenters. The van der Waals surface area contributed by atoms with Crippen molar-refractivity contribution in [2.24, 2.45) is 0 Å². The van der Waals surface area contributed by atoms with Gasteiger partial charge in [-0.15, -0.1) is 12.4 Å². The van der Waals surface area contributed by atoms with E-state index in [1.807, 2.05) is 12.1 Å². The van der Waals surface area contributed by atoms with Crippen LogP contribution in [0.2, 0.25) is 0 Å². The zero-order valence-electron chi connectivity index (χ0n) is 17.6. The van der Waals surface area contributed by atoms with Gasteiger partial charge in [0.25, 0.3) is 0 Å². The Bertz CT molecular complexity index is 988. The molecule has 3 aromatic carbocycles. The summed E-state index contributed by atoms with van der Waals surface area (Å²) in [6, 6.07) is 21.5. The Kier molecular flexibility index (Phi) is 7.24. The molecule has 0 aromatic heterocycles. The van der Waals surface area contributed by atoms with E-state index < -0.39 is 0 Å². The molecule has 0 radical (unpaired) electrons. The first-order valence-electron chi connectivity index (χ1n) is 9.93. The van der Waals surface area contributed by atoms with Crippen LogP contribution in [0.1, 0.15) is 22.7 Å². The molecular formula is C25H28ClNO3. The SMILES string of the molecule is COc1cccc(-c2ccc(CC3NCCc4cc(OC)c(OC)cc43)cc2)c1.Cl. The lowest BCUT2D eigenvalue weighted by Crippen LogP contribution is -2.31. The third-order valence-corrected chi connectivity index (χ3v) is 5.60. The lowest BCUT2D eigenvalue weighted by atomic mass is 9.89. The molecule has 0 saturated heterocycles. The Morgan fingerprint density at radius 1 is 0.833 bits per heavy atom. The minimum Gasteiger partial charge on any atom is -0.497 e. The molecular weight excluding hydrogens is 398 g/mol. The minimum atomic E-state index is 0. The van der Waals surface area contributed by atoms with Crippen molar-refractivity contribution in [2.45, 2.75) is 18.9 Å². The van der Waals surface area contributed by atoms with E-state index in [-0.39, 0.29) is 18.4 Å². The lowest BCUT2D eigenvalue weighted by Gasteiger charge is -2.28. The molecule has 1 aliphatic rings. The molecule has 1 N–H and O–H groups in total. The maximum atomic E-state index is 5.52. The van der Waals surface area contributed by atoms with E-state index in [1.165, 1.54) is 22.3 Å². The molecule has 1 heterocycles. The summed E-state index contributed by atoms with van der Waals surface area (Å²) in [6.45, 7) is 0.967. The van der Waals surface area contributed by atoms with Crippen molar-refractivity contribution >= 4 is 12.4 Å². The highest BCUT2D eigenvalue weighted by Gasteiger charge is 2.22. The Hall–Kier alpha value is -2.69. The molecule has 0 aliphatic carbocycles. The zero-order valence-corrected chi connectivity index (χ0v) is 18.4. The molecule has 4 nitrogen and oxygen atoms in total. The van der Waals surface area contributed by atoms with Crippen molar-refractivity contribution in [3.05, 3.63) is 77.4 Å². The van der Waals surface area contributed by atoms with E-state index in [1.54, 1.807) is 21.3 Å². The number of methoxy groups -OCH3 is 3. The highest BCUT2D eigenvalue weighted by atomic mass is 35.5. The van der Waals surface area contributed by atoms with Gasteiger partial charge in [-0.3, -0.25) is 0 Å². The zero-order chi connectivity index (χ0) is 20.2. The van der Waals surface area contributed by atoms with Crippen LogP contribution in [-0.4, -0.2) is 27.9 Å². The van der Waals surface area contributed by atoms with Crippen LogP contribution in [0.3, 0.4) is 0 Å². The second kappa shape index (κ2) is 9.88. The Labute approximate surface area is 184 Å². The maximum absolute atomic E-state index is 5.52. The van der Waals surface area contributed by atoms with Gasteiger partial charge in [0.1, 0.15) is 5.75 Å². The monoisotopic (exact) mass is 425 g/mol. The van der Waals surface area contributed by atoms with E-state index in [0.29, 0.717) is 0 Å². The summed E-state index contributed by atoms with van der Waals surface area (Å²) >= 11 is 0. The number of ether oxygens (including phenoxy) is 3. The standard InChI is InChI=1S/C25H27NO3.ClH/c1-27-21-6-4-5-19(14-21)18-9-7-17(8-10-18)13-23-22-16-25(29-3)24(28-2)15-20(22)11-12-26-23;/h4-10,14-16,23,26H,11-13H2,1-3H3;1H. The summed E-state index contributed by atoms with van der Waals surface area (Å²) in [6.07, 6.45) is 1.93. The number of rotatable bonds is 6. The highest BCUT2D eigenvalue weighted by Crippen LogP contribution is 2.36. The van der Waals surface area contributed by atoms with Gasteiger partial charge in [0.15, 0.2) is 11.5 Å². The molecule has 4 rings (SSSR count). The molecule has 5 heteroatoms. The van der Waals surface area contributed by atoms with Crippen LogP contribution in [0.5, 0.6) is 17.2 Å². The predicted octanol–water partition coefficient (Wildman–Crippen LogP) is 5.23. The van der Waals surface area contributed by atoms with Gasteiger partial charge in [-0.1, -0.05) is 36.4 Å². The van der Waals surface area contributed by atoms with Gasteiger partial charge in [-0.25, -0.2) is 0 Å². The fourth-order valence-electron chi connectivity index (χ4n) is 4.02. The van der Waals surface area contributed by atoms with Crippen molar-refractivity contribution in [1.29, 1.82) is 0 Å². The number of fused-ring (bicyclic) bond motifs is 1. The van der Waals surface area contributed by atoms with Crippen LogP contribution in [0, 0.1) is 0 Å². The summed E-state index contributed by atoms with van der Waals surface area (Å²) in [5.41, 5.74) is 6.28. The largest absolute Gasteiger partial charge is 0.497 e. The average Bonchev–Trinajstić information content (AvgIpc) is 2.79. The van der Waals surface area contributed by atoms with Gasteiger partial charge in [0, 0.05) is 6.04 Å². The quantitative estimate of drug-likeness (QED) is 0.587. The summed E-state index contributed by atoms with van der Waals surface area (Å²) in [5.74, 6) is 2.46. The molecule has 1 aliphatic heterocycles. The molecule has 0 spiro atoms. The van der Waals surface area contributed by atoms with Crippen molar-refractivity contribution in [2.75, 3.05) is 27.9 Å². The summed E-state index contributed by atoms with van der Waals surface area (Å²) in [4.78, 5) is 0. The van der Waals surface area contributed by atoms with E-state index in [9.17, 15) is 0 Å². The van der Waals surface area contributed by atoms with Crippen molar-refractivity contribution in [1.82, 2.24) is 5.32 Å². The molecule has 1 unspecified atom stereocenters. The molecule has 0 fully saturated rings. The van der Waals surface area contributed by atoms with Gasteiger partial charge in [0.05, 0.1) is 21.3 Å². The van der Waals surface area contributed by atoms with Crippen LogP contribution in [0.25, 0.3) is 11.1 Å². The second-order valence-corrected chi connectivity index (χ2v) is 7.30. The first-order valence-corrected chi connectivity index (χ1v) is 9.93. The van der Waals surface area contributed by atoms with Crippen LogP contribution < -0.4 is 19.5 Å².